The van der Waals surface area contributed by atoms with Crippen LogP contribution in [-0.4, -0.2) is 43.0 Å². The van der Waals surface area contributed by atoms with Crippen LogP contribution in [0.15, 0.2) is 12.4 Å². The minimum atomic E-state index is 0.416. The lowest BCUT2D eigenvalue weighted by Crippen LogP contribution is -2.15. The highest BCUT2D eigenvalue weighted by Crippen LogP contribution is 2.11. The molecular weight excluding hydrogens is 206 g/mol. The zero-order valence-electron chi connectivity index (χ0n) is 10.3. The standard InChI is InChI=1S/C11H21N3O2/c1-10(2)14-6-4-12-11(14)13-5-7-16-9-8-15-3/h4,6,10H,5,7-9H2,1-3H3,(H,12,13). The van der Waals surface area contributed by atoms with Gasteiger partial charge < -0.3 is 19.4 Å². The van der Waals surface area contributed by atoms with Crippen molar-refractivity contribution in [1.29, 1.82) is 0 Å². The third kappa shape index (κ3) is 4.20. The largest absolute Gasteiger partial charge is 0.382 e. The van der Waals surface area contributed by atoms with Crippen molar-refractivity contribution in [2.24, 2.45) is 0 Å². The van der Waals surface area contributed by atoms with E-state index in [4.69, 9.17) is 9.47 Å². The van der Waals surface area contributed by atoms with E-state index in [0.29, 0.717) is 25.9 Å². The Hall–Kier alpha value is -1.07. The monoisotopic (exact) mass is 227 g/mol. The molecular formula is C11H21N3O2. The molecule has 0 aliphatic heterocycles. The van der Waals surface area contributed by atoms with Crippen molar-refractivity contribution in [3.05, 3.63) is 12.4 Å². The lowest BCUT2D eigenvalue weighted by molar-refractivity contribution is 0.0758. The van der Waals surface area contributed by atoms with Crippen molar-refractivity contribution in [1.82, 2.24) is 9.55 Å². The fraction of sp³-hybridized carbons (Fsp3) is 0.727. The van der Waals surface area contributed by atoms with Gasteiger partial charge in [-0.25, -0.2) is 4.98 Å². The molecule has 0 saturated carbocycles. The number of methoxy groups -OCH3 is 1. The Morgan fingerprint density at radius 3 is 2.88 bits per heavy atom. The van der Waals surface area contributed by atoms with Crippen molar-refractivity contribution in [2.75, 3.05) is 38.8 Å². The second-order valence-electron chi connectivity index (χ2n) is 3.78. The summed E-state index contributed by atoms with van der Waals surface area (Å²) in [6.45, 7) is 6.95. The van der Waals surface area contributed by atoms with E-state index >= 15 is 0 Å². The van der Waals surface area contributed by atoms with Gasteiger partial charge in [0, 0.05) is 32.1 Å². The molecule has 1 heterocycles. The fourth-order valence-electron chi connectivity index (χ4n) is 1.35. The molecule has 0 atom stereocenters. The number of nitrogens with zero attached hydrogens (tertiary/aromatic N) is 2. The zero-order chi connectivity index (χ0) is 11.8. The number of rotatable bonds is 8. The minimum absolute atomic E-state index is 0.416. The van der Waals surface area contributed by atoms with Crippen LogP contribution in [-0.2, 0) is 9.47 Å². The molecule has 0 aromatic carbocycles. The van der Waals surface area contributed by atoms with E-state index in [0.717, 1.165) is 12.5 Å². The summed E-state index contributed by atoms with van der Waals surface area (Å²) in [7, 11) is 1.67. The van der Waals surface area contributed by atoms with Crippen LogP contribution in [0, 0.1) is 0 Å². The van der Waals surface area contributed by atoms with E-state index in [9.17, 15) is 0 Å². The first-order valence-corrected chi connectivity index (χ1v) is 5.59. The van der Waals surface area contributed by atoms with E-state index in [2.05, 4.69) is 28.7 Å². The number of hydrogen-bond donors (Lipinski definition) is 1. The molecule has 5 heteroatoms. The summed E-state index contributed by atoms with van der Waals surface area (Å²) in [5.41, 5.74) is 0. The first kappa shape index (κ1) is 13.0. The summed E-state index contributed by atoms with van der Waals surface area (Å²) in [5, 5.41) is 3.24. The van der Waals surface area contributed by atoms with Crippen LogP contribution in [0.5, 0.6) is 0 Å². The molecule has 0 bridgehead atoms. The average Bonchev–Trinajstić information content (AvgIpc) is 2.71. The van der Waals surface area contributed by atoms with Gasteiger partial charge in [0.1, 0.15) is 0 Å². The van der Waals surface area contributed by atoms with E-state index in [1.54, 1.807) is 13.3 Å². The van der Waals surface area contributed by atoms with Gasteiger partial charge in [0.15, 0.2) is 0 Å². The lowest BCUT2D eigenvalue weighted by Gasteiger charge is -2.12. The van der Waals surface area contributed by atoms with Crippen molar-refractivity contribution < 1.29 is 9.47 Å². The molecule has 0 unspecified atom stereocenters. The molecule has 0 amide bonds. The van der Waals surface area contributed by atoms with Crippen LogP contribution < -0.4 is 5.32 Å². The smallest absolute Gasteiger partial charge is 0.203 e. The molecule has 16 heavy (non-hydrogen) atoms. The van der Waals surface area contributed by atoms with Crippen LogP contribution in [0.4, 0.5) is 5.95 Å². The highest BCUT2D eigenvalue weighted by atomic mass is 16.5. The van der Waals surface area contributed by atoms with E-state index < -0.39 is 0 Å². The molecule has 1 N–H and O–H groups in total. The summed E-state index contributed by atoms with van der Waals surface area (Å²) >= 11 is 0. The molecule has 1 rings (SSSR count). The first-order valence-electron chi connectivity index (χ1n) is 5.59. The number of imidazole rings is 1. The van der Waals surface area contributed by atoms with Gasteiger partial charge in [0.25, 0.3) is 0 Å². The van der Waals surface area contributed by atoms with Gasteiger partial charge in [0.05, 0.1) is 19.8 Å². The topological polar surface area (TPSA) is 48.3 Å². The third-order valence-electron chi connectivity index (χ3n) is 2.19. The minimum Gasteiger partial charge on any atom is -0.382 e. The van der Waals surface area contributed by atoms with Gasteiger partial charge in [-0.15, -0.1) is 0 Å². The predicted molar refractivity (Wildman–Crippen MR) is 63.8 cm³/mol. The number of hydrogen-bond acceptors (Lipinski definition) is 4. The van der Waals surface area contributed by atoms with Crippen LogP contribution >= 0.6 is 0 Å². The quantitative estimate of drug-likeness (QED) is 0.684. The Labute approximate surface area is 96.8 Å². The van der Waals surface area contributed by atoms with Gasteiger partial charge in [-0.2, -0.15) is 0 Å². The van der Waals surface area contributed by atoms with Gasteiger partial charge >= 0.3 is 0 Å². The number of ether oxygens (including phenoxy) is 2. The third-order valence-corrected chi connectivity index (χ3v) is 2.19. The van der Waals surface area contributed by atoms with Gasteiger partial charge in [-0.1, -0.05) is 0 Å². The summed E-state index contributed by atoms with van der Waals surface area (Å²) < 4.78 is 12.3. The van der Waals surface area contributed by atoms with Crippen LogP contribution in [0.25, 0.3) is 0 Å². The van der Waals surface area contributed by atoms with E-state index in [1.165, 1.54) is 0 Å². The fourth-order valence-corrected chi connectivity index (χ4v) is 1.35. The first-order chi connectivity index (χ1) is 7.75. The molecule has 1 aromatic rings. The second kappa shape index (κ2) is 7.24. The summed E-state index contributed by atoms with van der Waals surface area (Å²) in [6.07, 6.45) is 3.77. The molecule has 1 aromatic heterocycles. The second-order valence-corrected chi connectivity index (χ2v) is 3.78. The van der Waals surface area contributed by atoms with E-state index in [-0.39, 0.29) is 0 Å². The van der Waals surface area contributed by atoms with Crippen molar-refractivity contribution >= 4 is 5.95 Å². The van der Waals surface area contributed by atoms with Gasteiger partial charge in [-0.05, 0) is 13.8 Å². The molecule has 0 spiro atoms. The maximum absolute atomic E-state index is 5.35. The lowest BCUT2D eigenvalue weighted by atomic mass is 10.4. The van der Waals surface area contributed by atoms with Crippen LogP contribution in [0.3, 0.4) is 0 Å². The summed E-state index contributed by atoms with van der Waals surface area (Å²) in [6, 6.07) is 0.416. The number of nitrogens with one attached hydrogen (secondary N) is 1. The Balaban J connectivity index is 2.19. The van der Waals surface area contributed by atoms with Gasteiger partial charge in [0.2, 0.25) is 5.95 Å². The molecule has 92 valence electrons. The van der Waals surface area contributed by atoms with Crippen molar-refractivity contribution in [3.63, 3.8) is 0 Å². The molecule has 0 radical (unpaired) electrons. The summed E-state index contributed by atoms with van der Waals surface area (Å²) in [4.78, 5) is 4.24. The van der Waals surface area contributed by atoms with Gasteiger partial charge in [-0.3, -0.25) is 0 Å². The molecule has 5 nitrogen and oxygen atoms in total. The predicted octanol–water partition coefficient (Wildman–Crippen LogP) is 1.54. The van der Waals surface area contributed by atoms with Crippen molar-refractivity contribution in [2.45, 2.75) is 19.9 Å². The average molecular weight is 227 g/mol. The SMILES string of the molecule is COCCOCCNc1nccn1C(C)C. The number of aromatic nitrogens is 2. The van der Waals surface area contributed by atoms with E-state index in [1.807, 2.05) is 6.20 Å². The Morgan fingerprint density at radius 1 is 1.38 bits per heavy atom. The Kier molecular flexibility index (Phi) is 5.88. The zero-order valence-corrected chi connectivity index (χ0v) is 10.3. The Bertz CT molecular complexity index is 287. The highest BCUT2D eigenvalue weighted by Gasteiger charge is 2.04. The Morgan fingerprint density at radius 2 is 2.19 bits per heavy atom. The highest BCUT2D eigenvalue weighted by molar-refractivity contribution is 5.26. The maximum Gasteiger partial charge on any atom is 0.203 e. The van der Waals surface area contributed by atoms with Crippen LogP contribution in [0.2, 0.25) is 0 Å². The molecule has 0 aliphatic carbocycles. The normalized spacial score (nSPS) is 11.0. The van der Waals surface area contributed by atoms with Crippen LogP contribution in [0.1, 0.15) is 19.9 Å². The van der Waals surface area contributed by atoms with Crippen molar-refractivity contribution in [3.8, 4) is 0 Å². The molecule has 0 aliphatic rings. The number of anilines is 1. The maximum atomic E-state index is 5.35. The summed E-state index contributed by atoms with van der Waals surface area (Å²) in [5.74, 6) is 0.894. The molecule has 0 fully saturated rings. The molecule has 0 saturated heterocycles.